The Morgan fingerprint density at radius 2 is 1.71 bits per heavy atom. The van der Waals surface area contributed by atoms with Crippen molar-refractivity contribution in [1.82, 2.24) is 0 Å². The third-order valence-electron chi connectivity index (χ3n) is 3.76. The molecule has 21 heavy (non-hydrogen) atoms. The summed E-state index contributed by atoms with van der Waals surface area (Å²) in [5, 5.41) is 0.175. The number of ether oxygens (including phenoxy) is 1. The van der Waals surface area contributed by atoms with Gasteiger partial charge in [0.1, 0.15) is 0 Å². The summed E-state index contributed by atoms with van der Waals surface area (Å²) in [5.41, 5.74) is 0.198. The van der Waals surface area contributed by atoms with Crippen LogP contribution in [0.25, 0.3) is 0 Å². The van der Waals surface area contributed by atoms with Crippen LogP contribution < -0.4 is 0 Å². The van der Waals surface area contributed by atoms with Crippen molar-refractivity contribution in [1.29, 1.82) is 0 Å². The maximum absolute atomic E-state index is 12.2. The van der Waals surface area contributed by atoms with Gasteiger partial charge in [-0.3, -0.25) is 0 Å². The molecule has 2 aliphatic rings. The average molecular weight is 295 g/mol. The Morgan fingerprint density at radius 1 is 1.05 bits per heavy atom. The van der Waals surface area contributed by atoms with Gasteiger partial charge in [-0.05, 0) is 30.7 Å². The van der Waals surface area contributed by atoms with Crippen LogP contribution in [0.2, 0.25) is 0 Å². The molecule has 0 saturated heterocycles. The highest BCUT2D eigenvalue weighted by Gasteiger charge is 2.65. The molecule has 4 rings (SSSR count). The number of thioether (sulfide) groups is 1. The lowest BCUT2D eigenvalue weighted by Gasteiger charge is -2.02. The van der Waals surface area contributed by atoms with Crippen molar-refractivity contribution in [2.45, 2.75) is 22.1 Å². The van der Waals surface area contributed by atoms with Crippen molar-refractivity contribution < 1.29 is 9.53 Å². The fourth-order valence-electron chi connectivity index (χ4n) is 2.49. The molecule has 1 aliphatic carbocycles. The van der Waals surface area contributed by atoms with E-state index in [-0.39, 0.29) is 11.2 Å². The van der Waals surface area contributed by atoms with Gasteiger partial charge in [0.15, 0.2) is 5.54 Å². The van der Waals surface area contributed by atoms with Crippen LogP contribution in [0.15, 0.2) is 70.6 Å². The van der Waals surface area contributed by atoms with Crippen LogP contribution in [0, 0.1) is 0 Å². The molecule has 4 heteroatoms. The minimum absolute atomic E-state index is 0.175. The molecule has 2 aromatic carbocycles. The van der Waals surface area contributed by atoms with Crippen LogP contribution in [-0.2, 0) is 9.53 Å². The Kier molecular flexibility index (Phi) is 2.86. The number of rotatable bonds is 3. The quantitative estimate of drug-likeness (QED) is 0.816. The molecule has 0 N–H and O–H groups in total. The lowest BCUT2D eigenvalue weighted by molar-refractivity contribution is -0.135. The summed E-state index contributed by atoms with van der Waals surface area (Å²) in [6.07, 6.45) is 0.752. The summed E-state index contributed by atoms with van der Waals surface area (Å²) in [7, 11) is 0. The molecule has 3 nitrogen and oxygen atoms in total. The number of carbonyl (C=O) groups is 1. The van der Waals surface area contributed by atoms with E-state index in [1.165, 1.54) is 0 Å². The predicted octanol–water partition coefficient (Wildman–Crippen LogP) is 3.29. The van der Waals surface area contributed by atoms with E-state index in [9.17, 15) is 4.79 Å². The lowest BCUT2D eigenvalue weighted by atomic mass is 10.2. The third-order valence-corrected chi connectivity index (χ3v) is 5.14. The monoisotopic (exact) mass is 295 g/mol. The highest BCUT2D eigenvalue weighted by Crippen LogP contribution is 2.54. The number of nitrogens with zero attached hydrogens (tertiary/aromatic N) is 1. The summed E-state index contributed by atoms with van der Waals surface area (Å²) in [6.45, 7) is 0. The largest absolute Gasteiger partial charge is 0.405 e. The van der Waals surface area contributed by atoms with E-state index in [2.05, 4.69) is 17.1 Å². The van der Waals surface area contributed by atoms with E-state index in [1.807, 2.05) is 48.5 Å². The van der Waals surface area contributed by atoms with Gasteiger partial charge in [-0.25, -0.2) is 9.79 Å². The highest BCUT2D eigenvalue weighted by atomic mass is 32.2. The molecule has 1 heterocycles. The molecular weight excluding hydrogens is 282 g/mol. The Hall–Kier alpha value is -2.07. The fourth-order valence-corrected chi connectivity index (χ4v) is 3.81. The Labute approximate surface area is 127 Å². The fraction of sp³-hybridized carbons (Fsp3) is 0.176. The maximum Gasteiger partial charge on any atom is 0.342 e. The predicted molar refractivity (Wildman–Crippen MR) is 82.5 cm³/mol. The maximum atomic E-state index is 12.2. The van der Waals surface area contributed by atoms with Gasteiger partial charge in [-0.1, -0.05) is 36.4 Å². The van der Waals surface area contributed by atoms with E-state index in [4.69, 9.17) is 4.74 Å². The zero-order valence-electron chi connectivity index (χ0n) is 11.2. The molecule has 0 radical (unpaired) electrons. The number of esters is 1. The number of benzene rings is 2. The van der Waals surface area contributed by atoms with Crippen LogP contribution in [0.3, 0.4) is 0 Å². The molecule has 1 saturated carbocycles. The van der Waals surface area contributed by atoms with E-state index in [1.54, 1.807) is 11.8 Å². The zero-order valence-corrected chi connectivity index (χ0v) is 12.0. The topological polar surface area (TPSA) is 38.7 Å². The molecule has 2 aromatic rings. The number of hydrogen-bond acceptors (Lipinski definition) is 4. The van der Waals surface area contributed by atoms with E-state index >= 15 is 0 Å². The van der Waals surface area contributed by atoms with Gasteiger partial charge in [0.25, 0.3) is 0 Å². The standard InChI is InChI=1S/C17H13NO2S/c19-16-17(11-14(17)21-13-9-5-2-6-10-13)18-15(20-16)12-7-3-1-4-8-12/h1-10,14H,11H2/t14-,17+/m0/s1. The smallest absolute Gasteiger partial charge is 0.342 e. The minimum Gasteiger partial charge on any atom is -0.405 e. The first kappa shape index (κ1) is 12.7. The van der Waals surface area contributed by atoms with Crippen molar-refractivity contribution in [2.24, 2.45) is 4.99 Å². The second kappa shape index (κ2) is 4.74. The van der Waals surface area contributed by atoms with Crippen LogP contribution >= 0.6 is 11.8 Å². The first-order chi connectivity index (χ1) is 10.3. The van der Waals surface area contributed by atoms with E-state index in [0.29, 0.717) is 5.90 Å². The van der Waals surface area contributed by atoms with Crippen molar-refractivity contribution >= 4 is 23.6 Å². The Morgan fingerprint density at radius 3 is 2.43 bits per heavy atom. The number of aliphatic imine (C=N–C) groups is 1. The molecule has 0 bridgehead atoms. The average Bonchev–Trinajstić information content (AvgIpc) is 3.11. The molecule has 0 aromatic heterocycles. The SMILES string of the molecule is O=C1OC(c2ccccc2)=N[C@@]12C[C@@H]2Sc1ccccc1. The Bertz CT molecular complexity index is 714. The van der Waals surface area contributed by atoms with Crippen LogP contribution in [-0.4, -0.2) is 22.7 Å². The molecule has 104 valence electrons. The minimum atomic E-state index is -0.661. The number of carbonyl (C=O) groups excluding carboxylic acids is 1. The van der Waals surface area contributed by atoms with E-state index in [0.717, 1.165) is 16.9 Å². The summed E-state index contributed by atoms with van der Waals surface area (Å²) in [6, 6.07) is 19.7. The highest BCUT2D eigenvalue weighted by molar-refractivity contribution is 8.00. The Balaban J connectivity index is 1.57. The number of cyclic esters (lactones) is 1. The third kappa shape index (κ3) is 2.16. The molecule has 2 atom stereocenters. The summed E-state index contributed by atoms with van der Waals surface area (Å²) < 4.78 is 5.39. The summed E-state index contributed by atoms with van der Waals surface area (Å²) >= 11 is 1.70. The number of hydrogen-bond donors (Lipinski definition) is 0. The second-order valence-electron chi connectivity index (χ2n) is 5.22. The molecular formula is C17H13NO2S. The summed E-state index contributed by atoms with van der Waals surface area (Å²) in [5.74, 6) is 0.242. The second-order valence-corrected chi connectivity index (χ2v) is 6.50. The van der Waals surface area contributed by atoms with Gasteiger partial charge in [0.05, 0.1) is 0 Å². The molecule has 0 unspecified atom stereocenters. The molecule has 1 aliphatic heterocycles. The van der Waals surface area contributed by atoms with Crippen LogP contribution in [0.4, 0.5) is 0 Å². The zero-order chi connectivity index (χ0) is 14.3. The van der Waals surface area contributed by atoms with Gasteiger partial charge >= 0.3 is 5.97 Å². The molecule has 0 amide bonds. The van der Waals surface area contributed by atoms with Gasteiger partial charge in [0.2, 0.25) is 5.90 Å². The van der Waals surface area contributed by atoms with Gasteiger partial charge in [-0.15, -0.1) is 11.8 Å². The van der Waals surface area contributed by atoms with Crippen LogP contribution in [0.1, 0.15) is 12.0 Å². The van der Waals surface area contributed by atoms with Crippen molar-refractivity contribution in [3.8, 4) is 0 Å². The van der Waals surface area contributed by atoms with E-state index < -0.39 is 5.54 Å². The summed E-state index contributed by atoms with van der Waals surface area (Å²) in [4.78, 5) is 17.9. The van der Waals surface area contributed by atoms with Crippen molar-refractivity contribution in [2.75, 3.05) is 0 Å². The van der Waals surface area contributed by atoms with Gasteiger partial charge in [0, 0.05) is 15.7 Å². The molecule has 1 spiro atoms. The normalized spacial score (nSPS) is 26.6. The lowest BCUT2D eigenvalue weighted by Crippen LogP contribution is -2.19. The van der Waals surface area contributed by atoms with Gasteiger partial charge < -0.3 is 4.74 Å². The first-order valence-corrected chi connectivity index (χ1v) is 7.75. The van der Waals surface area contributed by atoms with Gasteiger partial charge in [-0.2, -0.15) is 0 Å². The van der Waals surface area contributed by atoms with Crippen LogP contribution in [0.5, 0.6) is 0 Å². The van der Waals surface area contributed by atoms with Crippen molar-refractivity contribution in [3.63, 3.8) is 0 Å². The first-order valence-electron chi connectivity index (χ1n) is 6.87. The van der Waals surface area contributed by atoms with Crippen molar-refractivity contribution in [3.05, 3.63) is 66.2 Å². The molecule has 1 fully saturated rings.